The van der Waals surface area contributed by atoms with Crippen molar-refractivity contribution in [1.82, 2.24) is 16.0 Å². The Morgan fingerprint density at radius 3 is 2.33 bits per heavy atom. The Balaban J connectivity index is 1.70. The van der Waals surface area contributed by atoms with Crippen molar-refractivity contribution in [3.8, 4) is 0 Å². The van der Waals surface area contributed by atoms with Crippen molar-refractivity contribution in [3.05, 3.63) is 71.8 Å². The summed E-state index contributed by atoms with van der Waals surface area (Å²) in [5.74, 6) is -1.45. The third kappa shape index (κ3) is 7.98. The van der Waals surface area contributed by atoms with E-state index in [1.807, 2.05) is 73.6 Å². The first-order chi connectivity index (χ1) is 17.2. The first-order valence-electron chi connectivity index (χ1n) is 11.8. The summed E-state index contributed by atoms with van der Waals surface area (Å²) < 4.78 is 0. The van der Waals surface area contributed by atoms with Crippen LogP contribution in [-0.2, 0) is 25.6 Å². The molecule has 0 bridgehead atoms. The summed E-state index contributed by atoms with van der Waals surface area (Å²) in [5, 5.41) is 7.64. The van der Waals surface area contributed by atoms with Crippen molar-refractivity contribution in [2.45, 2.75) is 31.3 Å². The van der Waals surface area contributed by atoms with Crippen LogP contribution in [0.15, 0.2) is 60.7 Å². The molecule has 0 spiro atoms. The fraction of sp³-hybridized carbons (Fsp3) is 0.333. The molecule has 1 saturated heterocycles. The topological polar surface area (TPSA) is 108 Å². The highest BCUT2D eigenvalue weighted by Crippen LogP contribution is 2.18. The number of rotatable bonds is 11. The molecule has 190 valence electrons. The number of nitrogens with zero attached hydrogens (tertiary/aromatic N) is 1. The van der Waals surface area contributed by atoms with Crippen LogP contribution in [0.2, 0.25) is 0 Å². The Morgan fingerprint density at radius 1 is 1.06 bits per heavy atom. The number of nitrogens with one attached hydrogen (secondary N) is 3. The van der Waals surface area contributed by atoms with Gasteiger partial charge in [0.2, 0.25) is 22.8 Å². The molecule has 2 aromatic carbocycles. The normalized spacial score (nSPS) is 16.8. The third-order valence-corrected chi connectivity index (χ3v) is 6.36. The molecular formula is C27H32N4O4S. The van der Waals surface area contributed by atoms with Crippen LogP contribution in [0.1, 0.15) is 24.0 Å². The molecule has 3 amide bonds. The molecule has 1 aliphatic heterocycles. The van der Waals surface area contributed by atoms with Gasteiger partial charge in [-0.3, -0.25) is 19.2 Å². The minimum atomic E-state index is -0.935. The molecular weight excluding hydrogens is 476 g/mol. The van der Waals surface area contributed by atoms with Gasteiger partial charge in [-0.2, -0.15) is 0 Å². The molecule has 0 radical (unpaired) electrons. The zero-order valence-corrected chi connectivity index (χ0v) is 21.3. The maximum atomic E-state index is 13.2. The number of hydrogen-bond donors (Lipinski definition) is 4. The molecule has 3 rings (SSSR count). The fourth-order valence-corrected chi connectivity index (χ4v) is 4.15. The number of hydrogen-bond acceptors (Lipinski definition) is 5. The molecule has 1 fully saturated rings. The fourth-order valence-electron chi connectivity index (χ4n) is 3.98. The number of amides is 3. The zero-order chi connectivity index (χ0) is 26.1. The van der Waals surface area contributed by atoms with Gasteiger partial charge in [-0.05, 0) is 42.2 Å². The maximum absolute atomic E-state index is 13.2. The van der Waals surface area contributed by atoms with Crippen LogP contribution in [-0.4, -0.2) is 55.6 Å². The van der Waals surface area contributed by atoms with Crippen LogP contribution in [0.3, 0.4) is 0 Å². The van der Waals surface area contributed by atoms with Gasteiger partial charge in [0.15, 0.2) is 0 Å². The largest absolute Gasteiger partial charge is 0.378 e. The smallest absolute Gasteiger partial charge is 0.244 e. The van der Waals surface area contributed by atoms with Crippen LogP contribution < -0.4 is 20.9 Å². The lowest BCUT2D eigenvalue weighted by Crippen LogP contribution is -2.52. The SMILES string of the molecule is CN(C)c1ccc(/C=C/C(=O)N[C@@H](Cc2ccccc2)C(=O)N[C@@H](C[C@@H]2CCNC2=O)C(=O)S)cc1. The summed E-state index contributed by atoms with van der Waals surface area (Å²) >= 11 is 3.91. The van der Waals surface area contributed by atoms with E-state index in [-0.39, 0.29) is 24.7 Å². The molecule has 1 heterocycles. The minimum absolute atomic E-state index is 0.137. The minimum Gasteiger partial charge on any atom is -0.378 e. The Bertz CT molecular complexity index is 1100. The van der Waals surface area contributed by atoms with Gasteiger partial charge in [0.25, 0.3) is 0 Å². The van der Waals surface area contributed by atoms with E-state index in [2.05, 4.69) is 28.6 Å². The molecule has 2 aromatic rings. The number of thiol groups is 1. The Kier molecular flexibility index (Phi) is 9.69. The van der Waals surface area contributed by atoms with E-state index in [0.717, 1.165) is 16.8 Å². The van der Waals surface area contributed by atoms with E-state index >= 15 is 0 Å². The first-order valence-corrected chi connectivity index (χ1v) is 12.3. The van der Waals surface area contributed by atoms with Gasteiger partial charge in [-0.15, -0.1) is 12.6 Å². The maximum Gasteiger partial charge on any atom is 0.244 e. The van der Waals surface area contributed by atoms with Gasteiger partial charge in [0, 0.05) is 44.7 Å². The first kappa shape index (κ1) is 27.0. The monoisotopic (exact) mass is 508 g/mol. The Morgan fingerprint density at radius 2 is 1.75 bits per heavy atom. The van der Waals surface area contributed by atoms with Gasteiger partial charge in [0.05, 0.1) is 6.04 Å². The Labute approximate surface area is 216 Å². The van der Waals surface area contributed by atoms with Crippen LogP contribution in [0.25, 0.3) is 6.08 Å². The molecule has 9 heteroatoms. The van der Waals surface area contributed by atoms with Crippen molar-refractivity contribution < 1.29 is 19.2 Å². The standard InChI is InChI=1S/C27H32N4O4S/c1-31(2)21-11-8-18(9-12-21)10-13-24(32)29-22(16-19-6-4-3-5-7-19)26(34)30-23(27(35)36)17-20-14-15-28-25(20)33/h3-13,20,22-23H,14-17H2,1-2H3,(H,28,33)(H,29,32)(H,30,34)(H,35,36)/b13-10+/t20-,22-,23-/m0/s1. The van der Waals surface area contributed by atoms with Gasteiger partial charge in [-0.25, -0.2) is 0 Å². The molecule has 0 unspecified atom stereocenters. The number of carbonyl (C=O) groups is 4. The lowest BCUT2D eigenvalue weighted by atomic mass is 9.98. The van der Waals surface area contributed by atoms with E-state index in [4.69, 9.17) is 0 Å². The van der Waals surface area contributed by atoms with Crippen LogP contribution in [0.4, 0.5) is 5.69 Å². The van der Waals surface area contributed by atoms with Crippen molar-refractivity contribution in [1.29, 1.82) is 0 Å². The van der Waals surface area contributed by atoms with Gasteiger partial charge >= 0.3 is 0 Å². The third-order valence-electron chi connectivity index (χ3n) is 6.05. The highest BCUT2D eigenvalue weighted by molar-refractivity contribution is 7.96. The summed E-state index contributed by atoms with van der Waals surface area (Å²) in [5.41, 5.74) is 2.74. The second-order valence-corrected chi connectivity index (χ2v) is 9.42. The molecule has 1 aliphatic rings. The van der Waals surface area contributed by atoms with Crippen molar-refractivity contribution in [2.24, 2.45) is 5.92 Å². The van der Waals surface area contributed by atoms with Crippen molar-refractivity contribution in [2.75, 3.05) is 25.5 Å². The Hall–Kier alpha value is -3.59. The van der Waals surface area contributed by atoms with Crippen molar-refractivity contribution in [3.63, 3.8) is 0 Å². The molecule has 0 aromatic heterocycles. The predicted octanol–water partition coefficient (Wildman–Crippen LogP) is 1.96. The summed E-state index contributed by atoms with van der Waals surface area (Å²) in [6.07, 6.45) is 4.04. The van der Waals surface area contributed by atoms with Gasteiger partial charge < -0.3 is 20.9 Å². The van der Waals surface area contributed by atoms with E-state index in [1.54, 1.807) is 6.08 Å². The quantitative estimate of drug-likeness (QED) is 0.274. The lowest BCUT2D eigenvalue weighted by molar-refractivity contribution is -0.129. The highest BCUT2D eigenvalue weighted by Gasteiger charge is 2.32. The van der Waals surface area contributed by atoms with E-state index in [1.165, 1.54) is 6.08 Å². The average Bonchev–Trinajstić information content (AvgIpc) is 3.26. The summed E-state index contributed by atoms with van der Waals surface area (Å²) in [6, 6.07) is 15.1. The zero-order valence-electron chi connectivity index (χ0n) is 20.4. The highest BCUT2D eigenvalue weighted by atomic mass is 32.1. The second-order valence-electron chi connectivity index (χ2n) is 8.98. The lowest BCUT2D eigenvalue weighted by Gasteiger charge is -2.23. The number of carbonyl (C=O) groups excluding carboxylic acids is 4. The number of anilines is 1. The van der Waals surface area contributed by atoms with Crippen molar-refractivity contribution >= 4 is 47.2 Å². The van der Waals surface area contributed by atoms with Gasteiger partial charge in [-0.1, -0.05) is 42.5 Å². The summed E-state index contributed by atoms with van der Waals surface area (Å²) in [7, 11) is 3.90. The predicted molar refractivity (Wildman–Crippen MR) is 144 cm³/mol. The average molecular weight is 509 g/mol. The van der Waals surface area contributed by atoms with Crippen LogP contribution in [0, 0.1) is 5.92 Å². The summed E-state index contributed by atoms with van der Waals surface area (Å²) in [4.78, 5) is 52.0. The molecule has 0 saturated carbocycles. The molecule has 3 N–H and O–H groups in total. The molecule has 36 heavy (non-hydrogen) atoms. The van der Waals surface area contributed by atoms with Crippen LogP contribution in [0.5, 0.6) is 0 Å². The van der Waals surface area contributed by atoms with Gasteiger partial charge in [0.1, 0.15) is 6.04 Å². The van der Waals surface area contributed by atoms with Crippen LogP contribution >= 0.6 is 12.6 Å². The van der Waals surface area contributed by atoms with E-state index in [9.17, 15) is 19.2 Å². The molecule has 8 nitrogen and oxygen atoms in total. The number of benzene rings is 2. The van der Waals surface area contributed by atoms with E-state index in [0.29, 0.717) is 13.0 Å². The van der Waals surface area contributed by atoms with E-state index < -0.39 is 29.0 Å². The molecule has 0 aliphatic carbocycles. The summed E-state index contributed by atoms with van der Waals surface area (Å²) in [6.45, 7) is 0.543. The molecule has 3 atom stereocenters. The second kappa shape index (κ2) is 12.9.